The molecule has 2 nitrogen and oxygen atoms in total. The van der Waals surface area contributed by atoms with Crippen LogP contribution >= 0.6 is 0 Å². The normalized spacial score (nSPS) is 10.7. The van der Waals surface area contributed by atoms with Crippen LogP contribution in [0.25, 0.3) is 0 Å². The first kappa shape index (κ1) is 10.3. The fourth-order valence-electron chi connectivity index (χ4n) is 0.613. The Hall–Kier alpha value is -0.660. The van der Waals surface area contributed by atoms with Crippen molar-refractivity contribution in [3.8, 4) is 0 Å². The largest absolute Gasteiger partial charge is 0.309 e. The van der Waals surface area contributed by atoms with Crippen molar-refractivity contribution in [1.82, 2.24) is 0 Å². The lowest BCUT2D eigenvalue weighted by atomic mass is 9.97. The minimum Gasteiger partial charge on any atom is -0.309 e. The number of hydrogen-bond acceptors (Lipinski definition) is 2. The maximum absolute atomic E-state index is 7.53. The van der Waals surface area contributed by atoms with Crippen molar-refractivity contribution in [3.63, 3.8) is 0 Å². The lowest BCUT2D eigenvalue weighted by molar-refractivity contribution is 0.830. The van der Waals surface area contributed by atoms with Gasteiger partial charge in [-0.05, 0) is 11.8 Å². The van der Waals surface area contributed by atoms with E-state index >= 15 is 0 Å². The van der Waals surface area contributed by atoms with Gasteiger partial charge in [-0.25, -0.2) is 0 Å². The smallest absolute Gasteiger partial charge is 0.0235 e. The Morgan fingerprint density at radius 2 is 1.18 bits per heavy atom. The van der Waals surface area contributed by atoms with Crippen LogP contribution in [0.5, 0.6) is 0 Å². The van der Waals surface area contributed by atoms with Crippen molar-refractivity contribution in [1.29, 1.82) is 10.8 Å². The molecule has 64 valence electrons. The number of nitrogens with one attached hydrogen (secondary N) is 2. The fraction of sp³-hybridized carbons (Fsp3) is 0.778. The van der Waals surface area contributed by atoms with E-state index in [1.54, 1.807) is 0 Å². The summed E-state index contributed by atoms with van der Waals surface area (Å²) in [6.45, 7) is 7.98. The Balaban J connectivity index is 3.86. The molecule has 0 saturated carbocycles. The molecule has 2 N–H and O–H groups in total. The molecule has 0 aliphatic heterocycles. The SMILES string of the molecule is CC(C)C(=N)CC(=N)C(C)C. The summed E-state index contributed by atoms with van der Waals surface area (Å²) < 4.78 is 0. The van der Waals surface area contributed by atoms with Gasteiger partial charge in [-0.15, -0.1) is 0 Å². The summed E-state index contributed by atoms with van der Waals surface area (Å²) in [6.07, 6.45) is 0.551. The van der Waals surface area contributed by atoms with Crippen molar-refractivity contribution < 1.29 is 0 Å². The third kappa shape index (κ3) is 3.91. The molecule has 0 aliphatic carbocycles. The van der Waals surface area contributed by atoms with E-state index in [9.17, 15) is 0 Å². The zero-order valence-electron chi connectivity index (χ0n) is 7.86. The second kappa shape index (κ2) is 4.27. The van der Waals surface area contributed by atoms with E-state index in [1.165, 1.54) is 0 Å². The molecular formula is C9H18N2. The van der Waals surface area contributed by atoms with Gasteiger partial charge in [-0.1, -0.05) is 27.7 Å². The molecule has 0 aromatic heterocycles. The predicted molar refractivity (Wildman–Crippen MR) is 49.7 cm³/mol. The lowest BCUT2D eigenvalue weighted by Crippen LogP contribution is -2.15. The Bertz CT molecular complexity index is 139. The average molecular weight is 154 g/mol. The van der Waals surface area contributed by atoms with E-state index < -0.39 is 0 Å². The van der Waals surface area contributed by atoms with Gasteiger partial charge in [0.05, 0.1) is 0 Å². The molecule has 0 saturated heterocycles. The molecule has 0 fully saturated rings. The van der Waals surface area contributed by atoms with E-state index in [2.05, 4.69) is 0 Å². The summed E-state index contributed by atoms with van der Waals surface area (Å²) in [5, 5.41) is 15.1. The molecule has 2 heteroatoms. The Morgan fingerprint density at radius 1 is 0.909 bits per heavy atom. The fourth-order valence-corrected chi connectivity index (χ4v) is 0.613. The zero-order chi connectivity index (χ0) is 9.02. The molecule has 0 aromatic rings. The monoisotopic (exact) mass is 154 g/mol. The van der Waals surface area contributed by atoms with Gasteiger partial charge in [0.25, 0.3) is 0 Å². The molecule has 0 amide bonds. The van der Waals surface area contributed by atoms with Crippen LogP contribution in [0.1, 0.15) is 34.1 Å². The van der Waals surface area contributed by atoms with Crippen LogP contribution in [0.3, 0.4) is 0 Å². The molecule has 0 heterocycles. The molecule has 0 unspecified atom stereocenters. The van der Waals surface area contributed by atoms with Crippen LogP contribution in [0.4, 0.5) is 0 Å². The Labute approximate surface area is 69.0 Å². The molecule has 11 heavy (non-hydrogen) atoms. The van der Waals surface area contributed by atoms with E-state index in [-0.39, 0.29) is 11.8 Å². The van der Waals surface area contributed by atoms with Crippen molar-refractivity contribution in [2.75, 3.05) is 0 Å². The first-order chi connectivity index (χ1) is 4.95. The Morgan fingerprint density at radius 3 is 1.36 bits per heavy atom. The van der Waals surface area contributed by atoms with Gasteiger partial charge in [0.1, 0.15) is 0 Å². The lowest BCUT2D eigenvalue weighted by Gasteiger charge is -2.10. The highest BCUT2D eigenvalue weighted by molar-refractivity contribution is 6.03. The van der Waals surface area contributed by atoms with E-state index in [0.717, 1.165) is 0 Å². The third-order valence-electron chi connectivity index (χ3n) is 1.77. The first-order valence-electron chi connectivity index (χ1n) is 4.09. The number of hydrogen-bond donors (Lipinski definition) is 2. The standard InChI is InChI=1S/C9H18N2/c1-6(2)8(10)5-9(11)7(3)4/h6-7,10-11H,5H2,1-4H3. The maximum Gasteiger partial charge on any atom is 0.0235 e. The summed E-state index contributed by atoms with van der Waals surface area (Å²) in [5.41, 5.74) is 1.34. The second-order valence-electron chi connectivity index (χ2n) is 3.54. The van der Waals surface area contributed by atoms with Crippen molar-refractivity contribution in [3.05, 3.63) is 0 Å². The van der Waals surface area contributed by atoms with Crippen LogP contribution < -0.4 is 0 Å². The molecule has 0 bridgehead atoms. The van der Waals surface area contributed by atoms with Crippen molar-refractivity contribution in [2.24, 2.45) is 11.8 Å². The molecule has 0 spiro atoms. The summed E-state index contributed by atoms with van der Waals surface area (Å²) in [4.78, 5) is 0. The topological polar surface area (TPSA) is 47.7 Å². The summed E-state index contributed by atoms with van der Waals surface area (Å²) in [6, 6.07) is 0. The van der Waals surface area contributed by atoms with Crippen LogP contribution in [0.2, 0.25) is 0 Å². The summed E-state index contributed by atoms with van der Waals surface area (Å²) in [5.74, 6) is 0.572. The highest BCUT2D eigenvalue weighted by atomic mass is 14.5. The predicted octanol–water partition coefficient (Wildman–Crippen LogP) is 2.73. The average Bonchev–Trinajstić information content (AvgIpc) is 1.87. The molecule has 0 atom stereocenters. The van der Waals surface area contributed by atoms with Crippen LogP contribution in [0, 0.1) is 22.7 Å². The van der Waals surface area contributed by atoms with Gasteiger partial charge in [-0.2, -0.15) is 0 Å². The molecule has 0 radical (unpaired) electrons. The highest BCUT2D eigenvalue weighted by Gasteiger charge is 2.08. The summed E-state index contributed by atoms with van der Waals surface area (Å²) >= 11 is 0. The van der Waals surface area contributed by atoms with Gasteiger partial charge < -0.3 is 10.8 Å². The van der Waals surface area contributed by atoms with Crippen LogP contribution in [-0.2, 0) is 0 Å². The minimum absolute atomic E-state index is 0.286. The van der Waals surface area contributed by atoms with Gasteiger partial charge >= 0.3 is 0 Å². The zero-order valence-corrected chi connectivity index (χ0v) is 7.86. The van der Waals surface area contributed by atoms with Gasteiger partial charge in [0.15, 0.2) is 0 Å². The Kier molecular flexibility index (Phi) is 4.01. The first-order valence-corrected chi connectivity index (χ1v) is 4.09. The third-order valence-corrected chi connectivity index (χ3v) is 1.77. The molecular weight excluding hydrogens is 136 g/mol. The van der Waals surface area contributed by atoms with E-state index in [0.29, 0.717) is 17.8 Å². The molecule has 0 aliphatic rings. The van der Waals surface area contributed by atoms with Crippen LogP contribution in [-0.4, -0.2) is 11.4 Å². The highest BCUT2D eigenvalue weighted by Crippen LogP contribution is 2.05. The van der Waals surface area contributed by atoms with Crippen molar-refractivity contribution in [2.45, 2.75) is 34.1 Å². The van der Waals surface area contributed by atoms with E-state index in [1.807, 2.05) is 27.7 Å². The van der Waals surface area contributed by atoms with E-state index in [4.69, 9.17) is 10.8 Å². The summed E-state index contributed by atoms with van der Waals surface area (Å²) in [7, 11) is 0. The molecule has 0 aromatic carbocycles. The van der Waals surface area contributed by atoms with Gasteiger partial charge in [-0.3, -0.25) is 0 Å². The van der Waals surface area contributed by atoms with Gasteiger partial charge in [0.2, 0.25) is 0 Å². The van der Waals surface area contributed by atoms with Gasteiger partial charge in [0, 0.05) is 17.8 Å². The maximum atomic E-state index is 7.53. The minimum atomic E-state index is 0.286. The number of rotatable bonds is 4. The van der Waals surface area contributed by atoms with Crippen molar-refractivity contribution >= 4 is 11.4 Å². The quantitative estimate of drug-likeness (QED) is 0.585. The second-order valence-corrected chi connectivity index (χ2v) is 3.54. The van der Waals surface area contributed by atoms with Crippen LogP contribution in [0.15, 0.2) is 0 Å². The molecule has 0 rings (SSSR count).